The molecule has 142 valence electrons. The van der Waals surface area contributed by atoms with E-state index in [2.05, 4.69) is 5.32 Å². The van der Waals surface area contributed by atoms with E-state index in [1.807, 2.05) is 31.2 Å². The van der Waals surface area contributed by atoms with E-state index in [1.165, 1.54) is 18.2 Å². The fourth-order valence-electron chi connectivity index (χ4n) is 2.64. The topological polar surface area (TPSA) is 104 Å². The predicted molar refractivity (Wildman–Crippen MR) is 106 cm³/mol. The number of carboxylic acid groups (broad SMARTS) is 1. The lowest BCUT2D eigenvalue weighted by Crippen LogP contribution is -2.36. The average Bonchev–Trinajstić information content (AvgIpc) is 2.91. The number of benzene rings is 2. The number of hydrogen-bond acceptors (Lipinski definition) is 5. The molecule has 3 rings (SSSR count). The highest BCUT2D eigenvalue weighted by Gasteiger charge is 2.36. The van der Waals surface area contributed by atoms with Crippen molar-refractivity contribution in [2.24, 2.45) is 0 Å². The fraction of sp³-hybridized carbons (Fsp3) is 0.100. The van der Waals surface area contributed by atoms with Gasteiger partial charge >= 0.3 is 5.97 Å². The van der Waals surface area contributed by atoms with Gasteiger partial charge in [0, 0.05) is 0 Å². The molecule has 2 N–H and O–H groups in total. The first-order chi connectivity index (χ1) is 13.4. The Morgan fingerprint density at radius 2 is 1.79 bits per heavy atom. The number of imide groups is 1. The molecule has 0 bridgehead atoms. The van der Waals surface area contributed by atoms with Gasteiger partial charge in [-0.1, -0.05) is 36.4 Å². The van der Waals surface area contributed by atoms with Gasteiger partial charge in [0.2, 0.25) is 5.91 Å². The lowest BCUT2D eigenvalue weighted by atomic mass is 10.1. The smallest absolute Gasteiger partial charge is 0.337 e. The summed E-state index contributed by atoms with van der Waals surface area (Å²) in [6.07, 6.45) is 1.62. The molecule has 1 fully saturated rings. The predicted octanol–water partition coefficient (Wildman–Crippen LogP) is 3.37. The summed E-state index contributed by atoms with van der Waals surface area (Å²) < 4.78 is 0. The van der Waals surface area contributed by atoms with Crippen molar-refractivity contribution in [3.63, 3.8) is 0 Å². The van der Waals surface area contributed by atoms with Gasteiger partial charge in [0.05, 0.1) is 16.2 Å². The molecule has 0 unspecified atom stereocenters. The minimum absolute atomic E-state index is 0.0792. The van der Waals surface area contributed by atoms with Crippen LogP contribution in [-0.2, 0) is 9.59 Å². The summed E-state index contributed by atoms with van der Waals surface area (Å²) in [7, 11) is 0. The number of rotatable bonds is 5. The Bertz CT molecular complexity index is 1020. The minimum atomic E-state index is -1.19. The summed E-state index contributed by atoms with van der Waals surface area (Å²) in [6, 6.07) is 13.3. The number of nitrogens with one attached hydrogen (secondary N) is 1. The summed E-state index contributed by atoms with van der Waals surface area (Å²) in [6.45, 7) is 1.40. The number of nitrogens with zero attached hydrogens (tertiary/aromatic N) is 1. The molecular formula is C20H16N2O5S. The zero-order valence-corrected chi connectivity index (χ0v) is 15.7. The van der Waals surface area contributed by atoms with Crippen molar-refractivity contribution in [3.8, 4) is 0 Å². The number of amides is 3. The largest absolute Gasteiger partial charge is 0.478 e. The third-order valence-corrected chi connectivity index (χ3v) is 4.99. The first kappa shape index (κ1) is 19.4. The molecule has 28 heavy (non-hydrogen) atoms. The minimum Gasteiger partial charge on any atom is -0.478 e. The molecule has 8 heteroatoms. The third-order valence-electron chi connectivity index (χ3n) is 4.08. The Morgan fingerprint density at radius 1 is 1.11 bits per heavy atom. The van der Waals surface area contributed by atoms with Crippen LogP contribution in [-0.4, -0.2) is 39.6 Å². The van der Waals surface area contributed by atoms with Crippen LogP contribution in [0.1, 0.15) is 21.5 Å². The van der Waals surface area contributed by atoms with Crippen molar-refractivity contribution < 1.29 is 24.3 Å². The normalized spacial score (nSPS) is 15.2. The molecule has 1 aliphatic heterocycles. The second-order valence-electron chi connectivity index (χ2n) is 6.02. The van der Waals surface area contributed by atoms with Gasteiger partial charge in [-0.2, -0.15) is 0 Å². The maximum absolute atomic E-state index is 12.5. The molecule has 1 aliphatic rings. The summed E-state index contributed by atoms with van der Waals surface area (Å²) in [5, 5.41) is 11.1. The van der Waals surface area contributed by atoms with E-state index in [4.69, 9.17) is 5.11 Å². The van der Waals surface area contributed by atoms with Crippen LogP contribution >= 0.6 is 11.8 Å². The zero-order valence-electron chi connectivity index (χ0n) is 14.8. The molecule has 1 saturated heterocycles. The number of thioether (sulfide) groups is 1. The van der Waals surface area contributed by atoms with Crippen molar-refractivity contribution in [3.05, 3.63) is 70.1 Å². The molecule has 3 amide bonds. The van der Waals surface area contributed by atoms with Gasteiger partial charge in [0.15, 0.2) is 0 Å². The number of carbonyl (C=O) groups excluding carboxylic acids is 3. The van der Waals surface area contributed by atoms with Crippen molar-refractivity contribution in [2.45, 2.75) is 6.92 Å². The van der Waals surface area contributed by atoms with Gasteiger partial charge in [0.1, 0.15) is 6.54 Å². The number of carboxylic acids is 1. The molecular weight excluding hydrogens is 380 g/mol. The van der Waals surface area contributed by atoms with Crippen molar-refractivity contribution in [1.82, 2.24) is 4.90 Å². The van der Waals surface area contributed by atoms with Gasteiger partial charge in [-0.3, -0.25) is 19.3 Å². The molecule has 7 nitrogen and oxygen atoms in total. The fourth-order valence-corrected chi connectivity index (χ4v) is 3.47. The SMILES string of the molecule is Cc1ccccc1/C=C1\SC(=O)N(CC(=O)Nc2ccccc2C(=O)O)C1=O. The summed E-state index contributed by atoms with van der Waals surface area (Å²) in [5.74, 6) is -2.41. The number of carbonyl (C=O) groups is 4. The monoisotopic (exact) mass is 396 g/mol. The standard InChI is InChI=1S/C20H16N2O5S/c1-12-6-2-3-7-13(12)10-16-18(24)22(20(27)28-16)11-17(23)21-15-9-5-4-8-14(15)19(25)26/h2-10H,11H2,1H3,(H,21,23)(H,25,26)/b16-10-. The number of anilines is 1. The Hall–Kier alpha value is -3.39. The van der Waals surface area contributed by atoms with E-state index >= 15 is 0 Å². The van der Waals surface area contributed by atoms with Crippen molar-refractivity contribution in [2.75, 3.05) is 11.9 Å². The molecule has 2 aromatic rings. The quantitative estimate of drug-likeness (QED) is 0.751. The summed E-state index contributed by atoms with van der Waals surface area (Å²) >= 11 is 0.766. The molecule has 0 atom stereocenters. The van der Waals surface area contributed by atoms with Gasteiger partial charge < -0.3 is 10.4 Å². The van der Waals surface area contributed by atoms with E-state index in [0.29, 0.717) is 0 Å². The number of aryl methyl sites for hydroxylation is 1. The first-order valence-corrected chi connectivity index (χ1v) is 9.11. The van der Waals surface area contributed by atoms with Crippen LogP contribution < -0.4 is 5.32 Å². The van der Waals surface area contributed by atoms with Crippen LogP contribution in [0.2, 0.25) is 0 Å². The lowest BCUT2D eigenvalue weighted by molar-refractivity contribution is -0.127. The maximum Gasteiger partial charge on any atom is 0.337 e. The second kappa shape index (κ2) is 8.10. The van der Waals surface area contributed by atoms with Crippen molar-refractivity contribution in [1.29, 1.82) is 0 Å². The molecule has 0 spiro atoms. The van der Waals surface area contributed by atoms with E-state index < -0.39 is 29.6 Å². The van der Waals surface area contributed by atoms with E-state index in [9.17, 15) is 19.2 Å². The van der Waals surface area contributed by atoms with Gasteiger partial charge in [-0.05, 0) is 48.0 Å². The lowest BCUT2D eigenvalue weighted by Gasteiger charge is -2.13. The van der Waals surface area contributed by atoms with E-state index in [1.54, 1.807) is 12.1 Å². The Morgan fingerprint density at radius 3 is 2.50 bits per heavy atom. The van der Waals surface area contributed by atoms with Crippen LogP contribution in [0.15, 0.2) is 53.4 Å². The summed E-state index contributed by atoms with van der Waals surface area (Å²) in [4.78, 5) is 49.3. The van der Waals surface area contributed by atoms with Crippen LogP contribution in [0.25, 0.3) is 6.08 Å². The van der Waals surface area contributed by atoms with Gasteiger partial charge in [0.25, 0.3) is 11.1 Å². The van der Waals surface area contributed by atoms with Crippen LogP contribution in [0, 0.1) is 6.92 Å². The van der Waals surface area contributed by atoms with Gasteiger partial charge in [-0.25, -0.2) is 4.79 Å². The second-order valence-corrected chi connectivity index (χ2v) is 7.02. The van der Waals surface area contributed by atoms with E-state index in [-0.39, 0.29) is 16.2 Å². The molecule has 0 aromatic heterocycles. The first-order valence-electron chi connectivity index (χ1n) is 8.30. The van der Waals surface area contributed by atoms with Crippen LogP contribution in [0.5, 0.6) is 0 Å². The molecule has 0 saturated carbocycles. The maximum atomic E-state index is 12.5. The van der Waals surface area contributed by atoms with Gasteiger partial charge in [-0.15, -0.1) is 0 Å². The molecule has 0 radical (unpaired) electrons. The average molecular weight is 396 g/mol. The highest BCUT2D eigenvalue weighted by atomic mass is 32.2. The molecule has 2 aromatic carbocycles. The van der Waals surface area contributed by atoms with Crippen LogP contribution in [0.3, 0.4) is 0 Å². The van der Waals surface area contributed by atoms with Crippen LogP contribution in [0.4, 0.5) is 10.5 Å². The Labute approximate surface area is 165 Å². The Kier molecular flexibility index (Phi) is 5.60. The number of aromatic carboxylic acids is 1. The summed E-state index contributed by atoms with van der Waals surface area (Å²) in [5.41, 5.74) is 1.79. The Balaban J connectivity index is 1.74. The number of para-hydroxylation sites is 1. The molecule has 0 aliphatic carbocycles. The molecule has 1 heterocycles. The zero-order chi connectivity index (χ0) is 20.3. The number of hydrogen-bond donors (Lipinski definition) is 2. The van der Waals surface area contributed by atoms with E-state index in [0.717, 1.165) is 27.8 Å². The van der Waals surface area contributed by atoms with Crippen molar-refractivity contribution >= 4 is 46.5 Å². The highest BCUT2D eigenvalue weighted by molar-refractivity contribution is 8.18. The third kappa shape index (κ3) is 4.12. The highest BCUT2D eigenvalue weighted by Crippen LogP contribution is 2.32.